The van der Waals surface area contributed by atoms with Crippen molar-refractivity contribution >= 4 is 38.5 Å². The van der Waals surface area contributed by atoms with Crippen LogP contribution in [0, 0.1) is 6.92 Å². The monoisotopic (exact) mass is 416 g/mol. The molecule has 0 bridgehead atoms. The first-order valence-corrected chi connectivity index (χ1v) is 8.38. The van der Waals surface area contributed by atoms with Gasteiger partial charge in [-0.3, -0.25) is 0 Å². The van der Waals surface area contributed by atoms with Crippen molar-refractivity contribution in [3.8, 4) is 22.9 Å². The molecule has 0 saturated heterocycles. The molecule has 9 heteroatoms. The highest BCUT2D eigenvalue weighted by Crippen LogP contribution is 2.40. The number of ether oxygens (including phenoxy) is 2. The molecule has 26 heavy (non-hydrogen) atoms. The number of carbonyl (C=O) groups is 1. The average molecular weight is 417 g/mol. The predicted octanol–water partition coefficient (Wildman–Crippen LogP) is 3.80. The number of aromatic hydroxyl groups is 1. The number of aryl methyl sites for hydroxylation is 1. The van der Waals surface area contributed by atoms with Gasteiger partial charge < -0.3 is 19.6 Å². The third kappa shape index (κ3) is 2.48. The molecule has 0 amide bonds. The van der Waals surface area contributed by atoms with E-state index in [0.717, 1.165) is 15.4 Å². The minimum Gasteiger partial charge on any atom is -0.494 e. The molecule has 3 aromatic heterocycles. The van der Waals surface area contributed by atoms with Crippen LogP contribution in [0.2, 0.25) is 0 Å². The van der Waals surface area contributed by atoms with E-state index in [2.05, 4.69) is 35.7 Å². The minimum absolute atomic E-state index is 0.00487. The number of fused-ring (bicyclic) bond motifs is 2. The number of hydrogen-bond acceptors (Lipinski definition) is 6. The Labute approximate surface area is 155 Å². The molecule has 8 nitrogen and oxygen atoms in total. The average Bonchev–Trinajstić information content (AvgIpc) is 3.10. The Bertz CT molecular complexity index is 1160. The largest absolute Gasteiger partial charge is 0.513 e. The summed E-state index contributed by atoms with van der Waals surface area (Å²) in [6, 6.07) is 5.63. The van der Waals surface area contributed by atoms with Gasteiger partial charge in [0.1, 0.15) is 12.0 Å². The molecule has 0 aliphatic carbocycles. The molecule has 0 fully saturated rings. The summed E-state index contributed by atoms with van der Waals surface area (Å²) in [4.78, 5) is 18.8. The van der Waals surface area contributed by atoms with Crippen LogP contribution in [0.1, 0.15) is 5.56 Å². The topological polar surface area (TPSA) is 102 Å². The van der Waals surface area contributed by atoms with Crippen molar-refractivity contribution < 1.29 is 19.4 Å². The molecule has 0 unspecified atom stereocenters. The number of nitrogens with one attached hydrogen (secondary N) is 1. The first-order chi connectivity index (χ1) is 12.5. The molecule has 2 N–H and O–H groups in total. The maximum absolute atomic E-state index is 11.4. The van der Waals surface area contributed by atoms with Gasteiger partial charge in [-0.25, -0.2) is 14.3 Å². The van der Waals surface area contributed by atoms with Crippen molar-refractivity contribution in [1.82, 2.24) is 19.6 Å². The summed E-state index contributed by atoms with van der Waals surface area (Å²) >= 11 is 3.42. The number of aromatic amines is 1. The number of methoxy groups -OCH3 is 1. The molecule has 0 spiro atoms. The zero-order valence-corrected chi connectivity index (χ0v) is 15.4. The van der Waals surface area contributed by atoms with Crippen molar-refractivity contribution in [1.29, 1.82) is 0 Å². The highest BCUT2D eigenvalue weighted by atomic mass is 79.9. The minimum atomic E-state index is -0.821. The molecular weight excluding hydrogens is 404 g/mol. The van der Waals surface area contributed by atoms with E-state index in [1.54, 1.807) is 17.6 Å². The van der Waals surface area contributed by atoms with E-state index in [9.17, 15) is 9.90 Å². The number of nitrogens with zero attached hydrogens (tertiary/aromatic N) is 3. The van der Waals surface area contributed by atoms with Crippen LogP contribution < -0.4 is 4.74 Å². The summed E-state index contributed by atoms with van der Waals surface area (Å²) < 4.78 is 12.1. The molecule has 0 atom stereocenters. The number of halogens is 1. The lowest BCUT2D eigenvalue weighted by Gasteiger charge is -2.04. The van der Waals surface area contributed by atoms with Crippen LogP contribution in [0.5, 0.6) is 11.6 Å². The molecule has 0 aliphatic heterocycles. The first-order valence-electron chi connectivity index (χ1n) is 7.59. The van der Waals surface area contributed by atoms with Gasteiger partial charge in [-0.05, 0) is 19.1 Å². The van der Waals surface area contributed by atoms with Crippen LogP contribution in [0.3, 0.4) is 0 Å². The maximum atomic E-state index is 11.4. The van der Waals surface area contributed by atoms with E-state index in [1.807, 2.05) is 18.2 Å². The van der Waals surface area contributed by atoms with E-state index in [0.29, 0.717) is 28.1 Å². The Balaban J connectivity index is 1.98. The van der Waals surface area contributed by atoms with Crippen LogP contribution in [-0.2, 0) is 4.74 Å². The van der Waals surface area contributed by atoms with Gasteiger partial charge in [-0.15, -0.1) is 0 Å². The number of H-pyrrole nitrogens is 1. The summed E-state index contributed by atoms with van der Waals surface area (Å²) in [7, 11) is 1.24. The molecule has 0 saturated carbocycles. The lowest BCUT2D eigenvalue weighted by atomic mass is 10.1. The fraction of sp³-hybridized carbons (Fsp3) is 0.118. The van der Waals surface area contributed by atoms with Crippen molar-refractivity contribution in [3.05, 3.63) is 40.8 Å². The van der Waals surface area contributed by atoms with Crippen LogP contribution in [-0.4, -0.2) is 38.0 Å². The van der Waals surface area contributed by atoms with E-state index < -0.39 is 6.16 Å². The smallest absolute Gasteiger partial charge is 0.494 e. The van der Waals surface area contributed by atoms with Gasteiger partial charge in [0.25, 0.3) is 0 Å². The van der Waals surface area contributed by atoms with E-state index >= 15 is 0 Å². The normalized spacial score (nSPS) is 11.2. The molecule has 4 aromatic rings. The first kappa shape index (κ1) is 16.4. The van der Waals surface area contributed by atoms with Gasteiger partial charge in [0, 0.05) is 15.4 Å². The fourth-order valence-electron chi connectivity index (χ4n) is 2.95. The SMILES string of the molecule is COC(=O)Oc1cn2ncnc(-c3c(O)[nH]c4cc(Br)ccc34)c2c1C. The number of rotatable bonds is 2. The highest BCUT2D eigenvalue weighted by molar-refractivity contribution is 9.10. The molecule has 132 valence electrons. The third-order valence-corrected chi connectivity index (χ3v) is 4.61. The molecule has 1 aromatic carbocycles. The maximum Gasteiger partial charge on any atom is 0.513 e. The predicted molar refractivity (Wildman–Crippen MR) is 97.4 cm³/mol. The van der Waals surface area contributed by atoms with Gasteiger partial charge in [0.05, 0.1) is 29.9 Å². The summed E-state index contributed by atoms with van der Waals surface area (Å²) in [5.41, 5.74) is 3.09. The van der Waals surface area contributed by atoms with Crippen molar-refractivity contribution in [2.75, 3.05) is 7.11 Å². The lowest BCUT2D eigenvalue weighted by Crippen LogP contribution is -2.07. The van der Waals surface area contributed by atoms with E-state index in [-0.39, 0.29) is 5.88 Å². The number of aromatic nitrogens is 4. The Morgan fingerprint density at radius 3 is 2.96 bits per heavy atom. The van der Waals surface area contributed by atoms with Crippen molar-refractivity contribution in [2.45, 2.75) is 6.92 Å². The Morgan fingerprint density at radius 1 is 1.38 bits per heavy atom. The van der Waals surface area contributed by atoms with Crippen molar-refractivity contribution in [2.24, 2.45) is 0 Å². The number of carbonyl (C=O) groups excluding carboxylic acids is 1. The third-order valence-electron chi connectivity index (χ3n) is 4.12. The van der Waals surface area contributed by atoms with Crippen LogP contribution in [0.15, 0.2) is 35.2 Å². The summed E-state index contributed by atoms with van der Waals surface area (Å²) in [5, 5.41) is 15.4. The second-order valence-electron chi connectivity index (χ2n) is 5.61. The van der Waals surface area contributed by atoms with E-state index in [1.165, 1.54) is 13.4 Å². The van der Waals surface area contributed by atoms with Gasteiger partial charge in [0.15, 0.2) is 11.6 Å². The van der Waals surface area contributed by atoms with Crippen LogP contribution in [0.4, 0.5) is 4.79 Å². The van der Waals surface area contributed by atoms with Crippen LogP contribution in [0.25, 0.3) is 27.7 Å². The molecule has 4 rings (SSSR count). The standard InChI is InChI=1S/C17H13BrN4O4/c1-8-12(26-17(24)25-2)6-22-15(8)14(19-7-20-22)13-10-4-3-9(18)5-11(10)21-16(13)23/h3-7,21,23H,1-2H3. The molecular formula is C17H13BrN4O4. The Kier molecular flexibility index (Phi) is 3.80. The molecule has 0 aliphatic rings. The second kappa shape index (κ2) is 6.03. The zero-order chi connectivity index (χ0) is 18.4. The summed E-state index contributed by atoms with van der Waals surface area (Å²) in [6.07, 6.45) is 2.12. The van der Waals surface area contributed by atoms with E-state index in [4.69, 9.17) is 4.74 Å². The zero-order valence-electron chi connectivity index (χ0n) is 13.8. The van der Waals surface area contributed by atoms with Crippen LogP contribution >= 0.6 is 15.9 Å². The summed E-state index contributed by atoms with van der Waals surface area (Å²) in [6.45, 7) is 1.78. The summed E-state index contributed by atoms with van der Waals surface area (Å²) in [5.74, 6) is 0.301. The van der Waals surface area contributed by atoms with Gasteiger partial charge in [0.2, 0.25) is 0 Å². The lowest BCUT2D eigenvalue weighted by molar-refractivity contribution is 0.121. The highest BCUT2D eigenvalue weighted by Gasteiger charge is 2.22. The number of hydrogen-bond donors (Lipinski definition) is 2. The Morgan fingerprint density at radius 2 is 2.19 bits per heavy atom. The molecule has 3 heterocycles. The molecule has 0 radical (unpaired) electrons. The fourth-order valence-corrected chi connectivity index (χ4v) is 3.31. The quantitative estimate of drug-likeness (QED) is 0.481. The van der Waals surface area contributed by atoms with Gasteiger partial charge >= 0.3 is 6.16 Å². The van der Waals surface area contributed by atoms with Gasteiger partial charge in [-0.2, -0.15) is 5.10 Å². The number of benzene rings is 1. The Hall–Kier alpha value is -3.07. The van der Waals surface area contributed by atoms with Gasteiger partial charge in [-0.1, -0.05) is 22.0 Å². The second-order valence-corrected chi connectivity index (χ2v) is 6.53. The van der Waals surface area contributed by atoms with Crippen molar-refractivity contribution in [3.63, 3.8) is 0 Å².